The molecule has 8 heteroatoms. The molecule has 0 aliphatic carbocycles. The number of benzene rings is 2. The molecule has 2 N–H and O–H groups in total. The average Bonchev–Trinajstić information content (AvgIpc) is 2.58. The van der Waals surface area contributed by atoms with E-state index in [0.29, 0.717) is 33.3 Å². The standard InChI is InChI=1S/C18H17BrCl2N2O3/c1-10(2)9-26-16-6-3-11(7-14(16)19)17(24)22-23-18(25)13-5-4-12(20)8-15(13)21/h3-8,10H,9H2,1-2H3,(H,22,24)(H,23,25). The molecular weight excluding hydrogens is 443 g/mol. The Morgan fingerprint density at radius 2 is 1.77 bits per heavy atom. The summed E-state index contributed by atoms with van der Waals surface area (Å²) in [5.41, 5.74) is 5.22. The Bertz CT molecular complexity index is 828. The van der Waals surface area contributed by atoms with Crippen molar-refractivity contribution >= 4 is 50.9 Å². The fraction of sp³-hybridized carbons (Fsp3) is 0.222. The molecule has 2 aromatic rings. The fourth-order valence-corrected chi connectivity index (χ4v) is 2.93. The first-order chi connectivity index (χ1) is 12.3. The summed E-state index contributed by atoms with van der Waals surface area (Å²) in [5, 5.41) is 0.610. The summed E-state index contributed by atoms with van der Waals surface area (Å²) >= 11 is 15.1. The van der Waals surface area contributed by atoms with Crippen molar-refractivity contribution in [2.75, 3.05) is 6.61 Å². The summed E-state index contributed by atoms with van der Waals surface area (Å²) in [6.45, 7) is 4.67. The Kier molecular flexibility index (Phi) is 7.32. The molecular formula is C18H17BrCl2N2O3. The van der Waals surface area contributed by atoms with Crippen molar-refractivity contribution in [3.8, 4) is 5.75 Å². The number of ether oxygens (including phenoxy) is 1. The first-order valence-corrected chi connectivity index (χ1v) is 9.31. The van der Waals surface area contributed by atoms with Crippen LogP contribution in [-0.2, 0) is 0 Å². The second-order valence-electron chi connectivity index (χ2n) is 5.88. The molecule has 0 aromatic heterocycles. The molecule has 0 unspecified atom stereocenters. The molecule has 0 spiro atoms. The van der Waals surface area contributed by atoms with E-state index in [1.54, 1.807) is 18.2 Å². The van der Waals surface area contributed by atoms with Crippen LogP contribution in [0.3, 0.4) is 0 Å². The minimum atomic E-state index is -0.545. The van der Waals surface area contributed by atoms with Crippen molar-refractivity contribution in [1.29, 1.82) is 0 Å². The van der Waals surface area contributed by atoms with E-state index < -0.39 is 11.8 Å². The van der Waals surface area contributed by atoms with E-state index in [9.17, 15) is 9.59 Å². The Labute approximate surface area is 170 Å². The van der Waals surface area contributed by atoms with Gasteiger partial charge in [0.25, 0.3) is 11.8 Å². The predicted octanol–water partition coefficient (Wildman–Crippen LogP) is 4.87. The fourth-order valence-electron chi connectivity index (χ4n) is 1.94. The molecule has 0 aliphatic rings. The lowest BCUT2D eigenvalue weighted by atomic mass is 10.2. The van der Waals surface area contributed by atoms with Gasteiger partial charge in [-0.05, 0) is 58.2 Å². The van der Waals surface area contributed by atoms with Gasteiger partial charge in [-0.2, -0.15) is 0 Å². The molecule has 0 fully saturated rings. The van der Waals surface area contributed by atoms with Crippen LogP contribution in [-0.4, -0.2) is 18.4 Å². The van der Waals surface area contributed by atoms with Crippen LogP contribution in [0.4, 0.5) is 0 Å². The maximum Gasteiger partial charge on any atom is 0.271 e. The van der Waals surface area contributed by atoms with Crippen molar-refractivity contribution in [2.45, 2.75) is 13.8 Å². The largest absolute Gasteiger partial charge is 0.492 e. The van der Waals surface area contributed by atoms with Gasteiger partial charge >= 0.3 is 0 Å². The molecule has 5 nitrogen and oxygen atoms in total. The number of rotatable bonds is 5. The molecule has 2 aromatic carbocycles. The zero-order chi connectivity index (χ0) is 19.3. The molecule has 0 bridgehead atoms. The molecule has 138 valence electrons. The summed E-state index contributed by atoms with van der Waals surface area (Å²) in [7, 11) is 0. The molecule has 0 aliphatic heterocycles. The summed E-state index contributed by atoms with van der Waals surface area (Å²) < 4.78 is 6.29. The van der Waals surface area contributed by atoms with Gasteiger partial charge in [-0.15, -0.1) is 0 Å². The van der Waals surface area contributed by atoms with Gasteiger partial charge in [-0.1, -0.05) is 37.0 Å². The van der Waals surface area contributed by atoms with Gasteiger partial charge < -0.3 is 4.74 Å². The molecule has 2 amide bonds. The minimum absolute atomic E-state index is 0.193. The van der Waals surface area contributed by atoms with Crippen molar-refractivity contribution in [1.82, 2.24) is 10.9 Å². The number of carbonyl (C=O) groups is 2. The van der Waals surface area contributed by atoms with Gasteiger partial charge in [0.05, 0.1) is 21.7 Å². The van der Waals surface area contributed by atoms with Crippen LogP contribution >= 0.6 is 39.1 Å². The zero-order valence-corrected chi connectivity index (χ0v) is 17.2. The maximum absolute atomic E-state index is 12.2. The number of nitrogens with one attached hydrogen (secondary N) is 2. The second-order valence-corrected chi connectivity index (χ2v) is 7.58. The minimum Gasteiger partial charge on any atom is -0.492 e. The molecule has 2 rings (SSSR count). The lowest BCUT2D eigenvalue weighted by molar-refractivity contribution is 0.0846. The van der Waals surface area contributed by atoms with Crippen LogP contribution in [0.15, 0.2) is 40.9 Å². The van der Waals surface area contributed by atoms with E-state index in [1.807, 2.05) is 13.8 Å². The Balaban J connectivity index is 1.99. The molecule has 26 heavy (non-hydrogen) atoms. The first-order valence-electron chi connectivity index (χ1n) is 7.76. The monoisotopic (exact) mass is 458 g/mol. The van der Waals surface area contributed by atoms with Crippen LogP contribution in [0, 0.1) is 5.92 Å². The molecule has 0 heterocycles. The van der Waals surface area contributed by atoms with Crippen LogP contribution in [0.2, 0.25) is 10.0 Å². The smallest absolute Gasteiger partial charge is 0.271 e. The topological polar surface area (TPSA) is 67.4 Å². The lowest BCUT2D eigenvalue weighted by Crippen LogP contribution is -2.41. The summed E-state index contributed by atoms with van der Waals surface area (Å²) in [6, 6.07) is 9.39. The molecule has 0 saturated carbocycles. The van der Waals surface area contributed by atoms with Crippen molar-refractivity contribution in [3.63, 3.8) is 0 Å². The van der Waals surface area contributed by atoms with Gasteiger partial charge in [0.1, 0.15) is 5.75 Å². The van der Waals surface area contributed by atoms with Crippen molar-refractivity contribution < 1.29 is 14.3 Å². The van der Waals surface area contributed by atoms with Crippen LogP contribution in [0.25, 0.3) is 0 Å². The van der Waals surface area contributed by atoms with E-state index in [-0.39, 0.29) is 10.6 Å². The highest BCUT2D eigenvalue weighted by Gasteiger charge is 2.14. The number of amides is 2. The number of halogens is 3. The normalized spacial score (nSPS) is 10.5. The molecule has 0 saturated heterocycles. The maximum atomic E-state index is 12.2. The number of hydrogen-bond acceptors (Lipinski definition) is 3. The SMILES string of the molecule is CC(C)COc1ccc(C(=O)NNC(=O)c2ccc(Cl)cc2Cl)cc1Br. The Morgan fingerprint density at radius 1 is 1.08 bits per heavy atom. The van der Waals surface area contributed by atoms with E-state index in [2.05, 4.69) is 26.8 Å². The average molecular weight is 460 g/mol. The Morgan fingerprint density at radius 3 is 2.38 bits per heavy atom. The number of hydrogen-bond donors (Lipinski definition) is 2. The van der Waals surface area contributed by atoms with Gasteiger partial charge in [0.2, 0.25) is 0 Å². The van der Waals surface area contributed by atoms with Crippen molar-refractivity contribution in [2.24, 2.45) is 5.92 Å². The van der Waals surface area contributed by atoms with Gasteiger partial charge in [-0.3, -0.25) is 20.4 Å². The highest BCUT2D eigenvalue weighted by molar-refractivity contribution is 9.10. The van der Waals surface area contributed by atoms with Gasteiger partial charge in [0, 0.05) is 10.6 Å². The summed E-state index contributed by atoms with van der Waals surface area (Å²) in [4.78, 5) is 24.3. The number of hydrazine groups is 1. The van der Waals surface area contributed by atoms with Crippen molar-refractivity contribution in [3.05, 3.63) is 62.0 Å². The third-order valence-corrected chi connectivity index (χ3v) is 4.40. The number of carbonyl (C=O) groups excluding carboxylic acids is 2. The second kappa shape index (κ2) is 9.26. The van der Waals surface area contributed by atoms with E-state index >= 15 is 0 Å². The van der Waals surface area contributed by atoms with E-state index in [1.165, 1.54) is 18.2 Å². The Hall–Kier alpha value is -1.76. The van der Waals surface area contributed by atoms with Crippen LogP contribution in [0.5, 0.6) is 5.75 Å². The predicted molar refractivity (Wildman–Crippen MR) is 106 cm³/mol. The molecule has 0 radical (unpaired) electrons. The quantitative estimate of drug-likeness (QED) is 0.627. The zero-order valence-electron chi connectivity index (χ0n) is 14.1. The highest BCUT2D eigenvalue weighted by Crippen LogP contribution is 2.26. The highest BCUT2D eigenvalue weighted by atomic mass is 79.9. The van der Waals surface area contributed by atoms with Crippen LogP contribution in [0.1, 0.15) is 34.6 Å². The van der Waals surface area contributed by atoms with Gasteiger partial charge in [0.15, 0.2) is 0 Å². The van der Waals surface area contributed by atoms with E-state index in [4.69, 9.17) is 27.9 Å². The first kappa shape index (κ1) is 20.6. The van der Waals surface area contributed by atoms with E-state index in [0.717, 1.165) is 0 Å². The third kappa shape index (κ3) is 5.62. The summed E-state index contributed by atoms with van der Waals surface area (Å²) in [5.74, 6) is 0.0162. The molecule has 0 atom stereocenters. The lowest BCUT2D eigenvalue weighted by Gasteiger charge is -2.12. The third-order valence-electron chi connectivity index (χ3n) is 3.23. The van der Waals surface area contributed by atoms with Crippen LogP contribution < -0.4 is 15.6 Å². The summed E-state index contributed by atoms with van der Waals surface area (Å²) in [6.07, 6.45) is 0. The van der Waals surface area contributed by atoms with Gasteiger partial charge in [-0.25, -0.2) is 0 Å².